The van der Waals surface area contributed by atoms with Gasteiger partial charge in [0.15, 0.2) is 15.0 Å². The third-order valence-corrected chi connectivity index (χ3v) is 9.31. The fourth-order valence-electron chi connectivity index (χ4n) is 4.72. The molecular formula is C27H38ClN3O6S2. The lowest BCUT2D eigenvalue weighted by molar-refractivity contribution is -0.149. The summed E-state index contributed by atoms with van der Waals surface area (Å²) in [5.41, 5.74) is 0.866. The molecule has 216 valence electrons. The number of halogens is 1. The molecule has 2 N–H and O–H groups in total. The van der Waals surface area contributed by atoms with Gasteiger partial charge in [0.05, 0.1) is 32.7 Å². The normalized spacial score (nSPS) is 15.6. The Morgan fingerprint density at radius 2 is 1.95 bits per heavy atom. The molecule has 9 nitrogen and oxygen atoms in total. The number of aliphatic carboxylic acids is 1. The minimum Gasteiger partial charge on any atom is -0.480 e. The quantitative estimate of drug-likeness (QED) is 0.332. The van der Waals surface area contributed by atoms with E-state index in [1.807, 2.05) is 25.7 Å². The highest BCUT2D eigenvalue weighted by Gasteiger charge is 2.34. The van der Waals surface area contributed by atoms with E-state index in [1.165, 1.54) is 23.5 Å². The van der Waals surface area contributed by atoms with E-state index < -0.39 is 27.4 Å². The Balaban J connectivity index is 1.65. The molecule has 1 aliphatic rings. The van der Waals surface area contributed by atoms with Gasteiger partial charge in [-0.3, -0.25) is 14.5 Å². The highest BCUT2D eigenvalue weighted by Crippen LogP contribution is 2.36. The SMILES string of the molecule is Cc1nc(NC(=O)CCCN(C2CCCC2)C(COC(C)(C)C)C(=O)O)sc1-c1ccc(Cl)c(S(C)(=O)=O)c1. The predicted octanol–water partition coefficient (Wildman–Crippen LogP) is 5.41. The third kappa shape index (κ3) is 8.97. The summed E-state index contributed by atoms with van der Waals surface area (Å²) < 4.78 is 30.0. The summed E-state index contributed by atoms with van der Waals surface area (Å²) in [4.78, 5) is 32.1. The smallest absolute Gasteiger partial charge is 0.323 e. The van der Waals surface area contributed by atoms with E-state index in [1.54, 1.807) is 13.0 Å². The number of thiazole rings is 1. The molecule has 0 spiro atoms. The van der Waals surface area contributed by atoms with Crippen LogP contribution in [0.15, 0.2) is 23.1 Å². The molecule has 0 saturated heterocycles. The van der Waals surface area contributed by atoms with Crippen LogP contribution < -0.4 is 5.32 Å². The largest absolute Gasteiger partial charge is 0.480 e. The predicted molar refractivity (Wildman–Crippen MR) is 154 cm³/mol. The van der Waals surface area contributed by atoms with Gasteiger partial charge in [0, 0.05) is 18.7 Å². The van der Waals surface area contributed by atoms with Crippen molar-refractivity contribution in [3.05, 3.63) is 28.9 Å². The van der Waals surface area contributed by atoms with Gasteiger partial charge in [-0.05, 0) is 71.2 Å². The second-order valence-corrected chi connectivity index (χ2v) is 14.3. The van der Waals surface area contributed by atoms with E-state index in [2.05, 4.69) is 10.3 Å². The molecule has 0 radical (unpaired) electrons. The molecule has 1 fully saturated rings. The molecule has 1 atom stereocenters. The molecule has 1 aliphatic carbocycles. The molecule has 1 saturated carbocycles. The van der Waals surface area contributed by atoms with Crippen molar-refractivity contribution in [1.82, 2.24) is 9.88 Å². The average molecular weight is 600 g/mol. The summed E-state index contributed by atoms with van der Waals surface area (Å²) in [6.07, 6.45) is 5.83. The maximum atomic E-state index is 12.8. The van der Waals surface area contributed by atoms with Gasteiger partial charge in [0.25, 0.3) is 0 Å². The summed E-state index contributed by atoms with van der Waals surface area (Å²) in [7, 11) is -3.50. The molecule has 39 heavy (non-hydrogen) atoms. The number of ether oxygens (including phenoxy) is 1. The van der Waals surface area contributed by atoms with Crippen LogP contribution in [0.2, 0.25) is 5.02 Å². The number of aryl methyl sites for hydroxylation is 1. The van der Waals surface area contributed by atoms with Crippen molar-refractivity contribution >= 4 is 49.8 Å². The van der Waals surface area contributed by atoms with E-state index >= 15 is 0 Å². The summed E-state index contributed by atoms with van der Waals surface area (Å²) in [5.74, 6) is -1.13. The number of carboxylic acids is 1. The number of amides is 1. The summed E-state index contributed by atoms with van der Waals surface area (Å²) >= 11 is 7.34. The zero-order chi connectivity index (χ0) is 29.0. The van der Waals surface area contributed by atoms with Gasteiger partial charge in [0.1, 0.15) is 6.04 Å². The lowest BCUT2D eigenvalue weighted by atomic mass is 10.1. The maximum absolute atomic E-state index is 12.8. The Labute approximate surface area is 239 Å². The van der Waals surface area contributed by atoms with Crippen molar-refractivity contribution in [2.75, 3.05) is 24.7 Å². The van der Waals surface area contributed by atoms with Crippen LogP contribution in [0.5, 0.6) is 0 Å². The lowest BCUT2D eigenvalue weighted by Gasteiger charge is -2.35. The van der Waals surface area contributed by atoms with Crippen LogP contribution in [0.3, 0.4) is 0 Å². The molecule has 12 heteroatoms. The van der Waals surface area contributed by atoms with Crippen LogP contribution in [0, 0.1) is 6.92 Å². The molecular weight excluding hydrogens is 562 g/mol. The average Bonchev–Trinajstić information content (AvgIpc) is 3.46. The third-order valence-electron chi connectivity index (χ3n) is 6.61. The van der Waals surface area contributed by atoms with Crippen LogP contribution in [-0.2, 0) is 24.2 Å². The number of nitrogens with one attached hydrogen (secondary N) is 1. The van der Waals surface area contributed by atoms with Gasteiger partial charge in [-0.1, -0.05) is 41.8 Å². The van der Waals surface area contributed by atoms with Crippen LogP contribution >= 0.6 is 22.9 Å². The van der Waals surface area contributed by atoms with Gasteiger partial charge < -0.3 is 15.2 Å². The number of carbonyl (C=O) groups is 2. The molecule has 1 aromatic carbocycles. The van der Waals surface area contributed by atoms with Crippen molar-refractivity contribution < 1.29 is 27.9 Å². The van der Waals surface area contributed by atoms with E-state index in [4.69, 9.17) is 16.3 Å². The molecule has 0 aliphatic heterocycles. The fourth-order valence-corrected chi connectivity index (χ4v) is 7.00. The molecule has 2 aromatic rings. The van der Waals surface area contributed by atoms with E-state index in [0.717, 1.165) is 36.8 Å². The number of hydrogen-bond donors (Lipinski definition) is 2. The van der Waals surface area contributed by atoms with E-state index in [0.29, 0.717) is 29.4 Å². The number of carbonyl (C=O) groups excluding carboxylic acids is 1. The number of sulfone groups is 1. The maximum Gasteiger partial charge on any atom is 0.323 e. The number of anilines is 1. The molecule has 1 unspecified atom stereocenters. The van der Waals surface area contributed by atoms with Crippen molar-refractivity contribution in [2.45, 2.75) is 88.8 Å². The molecule has 3 rings (SSSR count). The minimum atomic E-state index is -3.50. The van der Waals surface area contributed by atoms with Gasteiger partial charge in [0.2, 0.25) is 5.91 Å². The van der Waals surface area contributed by atoms with Crippen LogP contribution in [-0.4, -0.2) is 72.4 Å². The van der Waals surface area contributed by atoms with Crippen molar-refractivity contribution in [1.29, 1.82) is 0 Å². The first kappa shape index (κ1) is 31.5. The first-order valence-electron chi connectivity index (χ1n) is 13.1. The van der Waals surface area contributed by atoms with Gasteiger partial charge in [-0.25, -0.2) is 13.4 Å². The fraction of sp³-hybridized carbons (Fsp3) is 0.593. The van der Waals surface area contributed by atoms with Crippen molar-refractivity contribution in [3.63, 3.8) is 0 Å². The summed E-state index contributed by atoms with van der Waals surface area (Å²) in [6, 6.07) is 4.18. The Morgan fingerprint density at radius 1 is 1.28 bits per heavy atom. The summed E-state index contributed by atoms with van der Waals surface area (Å²) in [6.45, 7) is 8.07. The molecule has 1 aromatic heterocycles. The zero-order valence-electron chi connectivity index (χ0n) is 23.1. The van der Waals surface area contributed by atoms with E-state index in [9.17, 15) is 23.1 Å². The Bertz CT molecular complexity index is 1280. The number of benzene rings is 1. The Hall–Kier alpha value is -2.05. The van der Waals surface area contributed by atoms with Gasteiger partial charge in [-0.15, -0.1) is 0 Å². The Kier molecular flexibility index (Phi) is 10.6. The highest BCUT2D eigenvalue weighted by molar-refractivity contribution is 7.90. The lowest BCUT2D eigenvalue weighted by Crippen LogP contribution is -2.50. The first-order chi connectivity index (χ1) is 18.2. The molecule has 1 heterocycles. The molecule has 0 bridgehead atoms. The number of carboxylic acid groups (broad SMARTS) is 1. The Morgan fingerprint density at radius 3 is 2.54 bits per heavy atom. The zero-order valence-corrected chi connectivity index (χ0v) is 25.5. The highest BCUT2D eigenvalue weighted by atomic mass is 35.5. The topological polar surface area (TPSA) is 126 Å². The van der Waals surface area contributed by atoms with Gasteiger partial charge >= 0.3 is 5.97 Å². The summed E-state index contributed by atoms with van der Waals surface area (Å²) in [5, 5.41) is 13.4. The van der Waals surface area contributed by atoms with Crippen LogP contribution in [0.1, 0.15) is 65.0 Å². The van der Waals surface area contributed by atoms with Crippen LogP contribution in [0.25, 0.3) is 10.4 Å². The standard InChI is InChI=1S/C27H38ClN3O6S2/c1-17-24(18-12-13-20(28)22(15-18)39(5,35)36)38-26(29-17)30-23(32)11-8-14-31(19-9-6-7-10-19)21(25(33)34)16-37-27(2,3)4/h12-13,15,19,21H,6-11,14,16H2,1-5H3,(H,33,34)(H,29,30,32). The minimum absolute atomic E-state index is 0.0411. The number of hydrogen-bond acceptors (Lipinski definition) is 8. The van der Waals surface area contributed by atoms with Crippen molar-refractivity contribution in [3.8, 4) is 10.4 Å². The van der Waals surface area contributed by atoms with Gasteiger partial charge in [-0.2, -0.15) is 0 Å². The first-order valence-corrected chi connectivity index (χ1v) is 16.1. The molecule has 1 amide bonds. The second kappa shape index (κ2) is 13.1. The van der Waals surface area contributed by atoms with E-state index in [-0.39, 0.29) is 34.9 Å². The monoisotopic (exact) mass is 599 g/mol. The second-order valence-electron chi connectivity index (χ2n) is 11.0. The van der Waals surface area contributed by atoms with Crippen LogP contribution in [0.4, 0.5) is 5.13 Å². The number of rotatable bonds is 12. The number of aromatic nitrogens is 1. The number of nitrogens with zero attached hydrogens (tertiary/aromatic N) is 2. The van der Waals surface area contributed by atoms with Crippen molar-refractivity contribution in [2.24, 2.45) is 0 Å².